The molecule has 9 heteroatoms. The van der Waals surface area contributed by atoms with Gasteiger partial charge in [-0.3, -0.25) is 10.1 Å². The summed E-state index contributed by atoms with van der Waals surface area (Å²) >= 11 is 1.54. The smallest absolute Gasteiger partial charge is 0.358 e. The maximum Gasteiger partial charge on any atom is 0.422 e. The summed E-state index contributed by atoms with van der Waals surface area (Å²) in [6.07, 6.45) is 0. The minimum atomic E-state index is -0.882. The average molecular weight is 284 g/mol. The van der Waals surface area contributed by atoms with Gasteiger partial charge in [0, 0.05) is 0 Å². The zero-order valence-electron chi connectivity index (χ0n) is 5.35. The van der Waals surface area contributed by atoms with Gasteiger partial charge in [-0.2, -0.15) is 0 Å². The van der Waals surface area contributed by atoms with E-state index >= 15 is 0 Å². The van der Waals surface area contributed by atoms with E-state index in [4.69, 9.17) is 0 Å². The van der Waals surface area contributed by atoms with E-state index in [1.54, 1.807) is 22.6 Å². The number of halogens is 1. The lowest BCUT2D eigenvalue weighted by Crippen LogP contribution is -1.95. The highest BCUT2D eigenvalue weighted by atomic mass is 127. The Bertz CT molecular complexity index is 346. The van der Waals surface area contributed by atoms with Gasteiger partial charge in [0.05, 0.1) is 4.92 Å². The number of aromatic nitrogens is 2. The van der Waals surface area contributed by atoms with Crippen molar-refractivity contribution >= 4 is 34.1 Å². The number of nitrogens with one attached hydrogen (secondary N) is 1. The number of aromatic amines is 1. The Kier molecular flexibility index (Phi) is 2.21. The SMILES string of the molecule is O=[N+]([O-])c1[nH]nc(I)c1[N+](=O)[O-]. The van der Waals surface area contributed by atoms with E-state index < -0.39 is 21.4 Å². The van der Waals surface area contributed by atoms with Crippen molar-refractivity contribution in [1.82, 2.24) is 10.2 Å². The van der Waals surface area contributed by atoms with Crippen LogP contribution in [0.4, 0.5) is 11.5 Å². The Morgan fingerprint density at radius 3 is 2.25 bits per heavy atom. The second-order valence-electron chi connectivity index (χ2n) is 1.73. The summed E-state index contributed by atoms with van der Waals surface area (Å²) < 4.78 is -0.0238. The highest BCUT2D eigenvalue weighted by Crippen LogP contribution is 2.28. The number of nitrogens with zero attached hydrogens (tertiary/aromatic N) is 3. The van der Waals surface area contributed by atoms with Crippen LogP contribution in [0.2, 0.25) is 0 Å². The number of H-pyrrole nitrogens is 1. The lowest BCUT2D eigenvalue weighted by molar-refractivity contribution is -0.425. The van der Waals surface area contributed by atoms with Gasteiger partial charge in [-0.1, -0.05) is 5.10 Å². The van der Waals surface area contributed by atoms with Crippen molar-refractivity contribution in [2.24, 2.45) is 0 Å². The first-order valence-corrected chi connectivity index (χ1v) is 3.64. The zero-order valence-corrected chi connectivity index (χ0v) is 7.51. The highest BCUT2D eigenvalue weighted by molar-refractivity contribution is 14.1. The van der Waals surface area contributed by atoms with Crippen molar-refractivity contribution in [3.8, 4) is 0 Å². The predicted molar refractivity (Wildman–Crippen MR) is 44.6 cm³/mol. The molecular formula is C3HIN4O4. The molecular weight excluding hydrogens is 283 g/mol. The molecule has 0 aromatic carbocycles. The van der Waals surface area contributed by atoms with E-state index in [0.29, 0.717) is 0 Å². The van der Waals surface area contributed by atoms with Gasteiger partial charge in [0.25, 0.3) is 0 Å². The lowest BCUT2D eigenvalue weighted by atomic mass is 10.5. The highest BCUT2D eigenvalue weighted by Gasteiger charge is 2.31. The molecule has 0 atom stereocenters. The third-order valence-electron chi connectivity index (χ3n) is 1.04. The molecule has 0 radical (unpaired) electrons. The average Bonchev–Trinajstić information content (AvgIpc) is 2.30. The van der Waals surface area contributed by atoms with E-state index in [9.17, 15) is 20.2 Å². The maximum atomic E-state index is 10.2. The van der Waals surface area contributed by atoms with Crippen LogP contribution >= 0.6 is 22.6 Å². The summed E-state index contributed by atoms with van der Waals surface area (Å²) in [7, 11) is 0. The van der Waals surface area contributed by atoms with E-state index in [-0.39, 0.29) is 3.70 Å². The molecule has 0 aliphatic rings. The fraction of sp³-hybridized carbons (Fsp3) is 0. The largest absolute Gasteiger partial charge is 0.422 e. The summed E-state index contributed by atoms with van der Waals surface area (Å²) in [6, 6.07) is 0. The molecule has 0 fully saturated rings. The van der Waals surface area contributed by atoms with Crippen molar-refractivity contribution in [3.63, 3.8) is 0 Å². The molecule has 0 saturated heterocycles. The van der Waals surface area contributed by atoms with Crippen molar-refractivity contribution in [3.05, 3.63) is 23.9 Å². The van der Waals surface area contributed by atoms with Crippen LogP contribution in [0, 0.1) is 23.9 Å². The number of rotatable bonds is 2. The van der Waals surface area contributed by atoms with E-state index in [2.05, 4.69) is 5.10 Å². The molecule has 1 heterocycles. The van der Waals surface area contributed by atoms with E-state index in [1.165, 1.54) is 0 Å². The molecule has 1 aromatic rings. The monoisotopic (exact) mass is 284 g/mol. The van der Waals surface area contributed by atoms with Crippen LogP contribution in [0.25, 0.3) is 0 Å². The molecule has 0 amide bonds. The fourth-order valence-corrected chi connectivity index (χ4v) is 1.17. The second kappa shape index (κ2) is 3.00. The summed E-state index contributed by atoms with van der Waals surface area (Å²) in [5.41, 5.74) is -0.597. The van der Waals surface area contributed by atoms with Crippen LogP contribution in [0.1, 0.15) is 0 Å². The lowest BCUT2D eigenvalue weighted by Gasteiger charge is -1.87. The molecule has 0 spiro atoms. The van der Waals surface area contributed by atoms with Gasteiger partial charge in [0.1, 0.15) is 0 Å². The minimum absolute atomic E-state index is 0.0238. The van der Waals surface area contributed by atoms with Gasteiger partial charge in [-0.25, -0.2) is 0 Å². The Balaban J connectivity index is 3.31. The number of hydrogen-bond donors (Lipinski definition) is 1. The fourth-order valence-electron chi connectivity index (χ4n) is 0.595. The van der Waals surface area contributed by atoms with Crippen molar-refractivity contribution in [1.29, 1.82) is 0 Å². The Labute approximate surface area is 78.4 Å². The normalized spacial score (nSPS) is 9.75. The van der Waals surface area contributed by atoms with Gasteiger partial charge in [-0.05, 0) is 27.5 Å². The Morgan fingerprint density at radius 2 is 1.92 bits per heavy atom. The topological polar surface area (TPSA) is 115 Å². The van der Waals surface area contributed by atoms with Crippen LogP contribution in [-0.4, -0.2) is 20.0 Å². The first-order chi connectivity index (χ1) is 5.54. The van der Waals surface area contributed by atoms with Crippen LogP contribution in [0.5, 0.6) is 0 Å². The van der Waals surface area contributed by atoms with E-state index in [1.807, 2.05) is 5.10 Å². The summed E-state index contributed by atoms with van der Waals surface area (Å²) in [6.45, 7) is 0. The first-order valence-electron chi connectivity index (χ1n) is 2.56. The Morgan fingerprint density at radius 1 is 1.33 bits per heavy atom. The van der Waals surface area contributed by atoms with Crippen molar-refractivity contribution < 1.29 is 9.85 Å². The zero-order chi connectivity index (χ0) is 9.30. The predicted octanol–water partition coefficient (Wildman–Crippen LogP) is 0.831. The minimum Gasteiger partial charge on any atom is -0.358 e. The quantitative estimate of drug-likeness (QED) is 0.490. The molecule has 1 aromatic heterocycles. The molecule has 1 N–H and O–H groups in total. The standard InChI is InChI=1S/C3HIN4O4/c4-2-1(7(9)10)3(6-5-2)8(11)12/h(H,5,6). The summed E-state index contributed by atoms with van der Waals surface area (Å²) in [5.74, 6) is -0.690. The van der Waals surface area contributed by atoms with Gasteiger partial charge >= 0.3 is 11.5 Å². The molecule has 0 saturated carbocycles. The number of nitro groups is 2. The molecule has 1 rings (SSSR count). The van der Waals surface area contributed by atoms with Gasteiger partial charge in [-0.15, -0.1) is 5.10 Å². The summed E-state index contributed by atoms with van der Waals surface area (Å²) in [5, 5.41) is 25.7. The second-order valence-corrected chi connectivity index (χ2v) is 2.75. The summed E-state index contributed by atoms with van der Waals surface area (Å²) in [4.78, 5) is 18.7. The van der Waals surface area contributed by atoms with Crippen LogP contribution in [-0.2, 0) is 0 Å². The van der Waals surface area contributed by atoms with Crippen LogP contribution in [0.15, 0.2) is 0 Å². The maximum absolute atomic E-state index is 10.2. The van der Waals surface area contributed by atoms with Gasteiger partial charge in [0.2, 0.25) is 3.70 Å². The molecule has 0 unspecified atom stereocenters. The first kappa shape index (κ1) is 8.83. The molecule has 0 aliphatic heterocycles. The molecule has 12 heavy (non-hydrogen) atoms. The third kappa shape index (κ3) is 1.34. The molecule has 8 nitrogen and oxygen atoms in total. The van der Waals surface area contributed by atoms with Crippen molar-refractivity contribution in [2.45, 2.75) is 0 Å². The molecule has 0 bridgehead atoms. The molecule has 64 valence electrons. The van der Waals surface area contributed by atoms with Crippen LogP contribution < -0.4 is 0 Å². The van der Waals surface area contributed by atoms with Gasteiger partial charge in [0.15, 0.2) is 0 Å². The van der Waals surface area contributed by atoms with E-state index in [0.717, 1.165) is 0 Å². The van der Waals surface area contributed by atoms with Crippen LogP contribution in [0.3, 0.4) is 0 Å². The Hall–Kier alpha value is -1.26. The van der Waals surface area contributed by atoms with Gasteiger partial charge < -0.3 is 10.1 Å². The molecule has 0 aliphatic carbocycles. The number of hydrogen-bond acceptors (Lipinski definition) is 5. The third-order valence-corrected chi connectivity index (χ3v) is 1.80. The van der Waals surface area contributed by atoms with Crippen molar-refractivity contribution in [2.75, 3.05) is 0 Å².